The number of amides is 2. The Hall–Kier alpha value is -3.09. The van der Waals surface area contributed by atoms with Gasteiger partial charge in [-0.2, -0.15) is 5.10 Å². The fraction of sp³-hybridized carbons (Fsp3) is 0.316. The van der Waals surface area contributed by atoms with Gasteiger partial charge in [-0.05, 0) is 37.6 Å². The number of benzene rings is 1. The van der Waals surface area contributed by atoms with Crippen LogP contribution in [-0.4, -0.2) is 27.3 Å². The maximum Gasteiger partial charge on any atom is 0.319 e. The molecular formula is C19H23N5O2. The van der Waals surface area contributed by atoms with Gasteiger partial charge in [0.15, 0.2) is 5.82 Å². The van der Waals surface area contributed by atoms with Crippen molar-refractivity contribution in [2.24, 2.45) is 0 Å². The van der Waals surface area contributed by atoms with Gasteiger partial charge in [-0.3, -0.25) is 5.10 Å². The number of aromatic nitrogens is 3. The van der Waals surface area contributed by atoms with Crippen LogP contribution in [0.25, 0.3) is 11.4 Å². The van der Waals surface area contributed by atoms with Crippen LogP contribution in [0.3, 0.4) is 0 Å². The van der Waals surface area contributed by atoms with E-state index in [2.05, 4.69) is 25.8 Å². The molecule has 0 aliphatic carbocycles. The number of carbonyl (C=O) groups is 1. The average Bonchev–Trinajstić information content (AvgIpc) is 3.31. The number of aromatic amines is 1. The molecule has 1 aromatic carbocycles. The van der Waals surface area contributed by atoms with Crippen LogP contribution < -0.4 is 10.6 Å². The average molecular weight is 353 g/mol. The molecule has 7 nitrogen and oxygen atoms in total. The summed E-state index contributed by atoms with van der Waals surface area (Å²) in [6, 6.07) is 11.1. The van der Waals surface area contributed by atoms with Gasteiger partial charge in [-0.15, -0.1) is 0 Å². The van der Waals surface area contributed by atoms with Gasteiger partial charge in [-0.25, -0.2) is 9.78 Å². The van der Waals surface area contributed by atoms with Crippen LogP contribution >= 0.6 is 0 Å². The number of rotatable bonds is 7. The smallest absolute Gasteiger partial charge is 0.319 e. The summed E-state index contributed by atoms with van der Waals surface area (Å²) < 4.78 is 5.31. The predicted octanol–water partition coefficient (Wildman–Crippen LogP) is 3.77. The highest BCUT2D eigenvalue weighted by Crippen LogP contribution is 2.19. The van der Waals surface area contributed by atoms with E-state index < -0.39 is 0 Å². The largest absolute Gasteiger partial charge is 0.469 e. The Morgan fingerprint density at radius 2 is 2.19 bits per heavy atom. The molecule has 2 aromatic heterocycles. The van der Waals surface area contributed by atoms with Gasteiger partial charge in [0, 0.05) is 30.1 Å². The van der Waals surface area contributed by atoms with Gasteiger partial charge in [0.1, 0.15) is 11.6 Å². The summed E-state index contributed by atoms with van der Waals surface area (Å²) >= 11 is 0. The fourth-order valence-electron chi connectivity index (χ4n) is 2.60. The summed E-state index contributed by atoms with van der Waals surface area (Å²) in [5.41, 5.74) is 1.55. The summed E-state index contributed by atoms with van der Waals surface area (Å²) in [7, 11) is 0. The minimum absolute atomic E-state index is 0.0309. The van der Waals surface area contributed by atoms with E-state index in [1.54, 1.807) is 6.26 Å². The molecule has 1 atom stereocenters. The lowest BCUT2D eigenvalue weighted by molar-refractivity contribution is 0.248. The molecule has 0 aliphatic rings. The fourth-order valence-corrected chi connectivity index (χ4v) is 2.60. The van der Waals surface area contributed by atoms with Crippen molar-refractivity contribution < 1.29 is 9.21 Å². The second kappa shape index (κ2) is 8.33. The van der Waals surface area contributed by atoms with Crippen LogP contribution in [0.15, 0.2) is 47.1 Å². The highest BCUT2D eigenvalue weighted by molar-refractivity contribution is 5.90. The number of H-pyrrole nitrogens is 1. The van der Waals surface area contributed by atoms with Crippen LogP contribution in [0.2, 0.25) is 0 Å². The molecule has 2 heterocycles. The van der Waals surface area contributed by atoms with E-state index in [4.69, 9.17) is 4.42 Å². The topological polar surface area (TPSA) is 95.8 Å². The van der Waals surface area contributed by atoms with Gasteiger partial charge < -0.3 is 15.1 Å². The van der Waals surface area contributed by atoms with E-state index in [9.17, 15) is 4.79 Å². The number of nitrogens with one attached hydrogen (secondary N) is 3. The van der Waals surface area contributed by atoms with Crippen molar-refractivity contribution in [2.45, 2.75) is 39.2 Å². The van der Waals surface area contributed by atoms with Crippen molar-refractivity contribution in [2.75, 3.05) is 5.32 Å². The Morgan fingerprint density at radius 1 is 1.31 bits per heavy atom. The Bertz CT molecular complexity index is 841. The first-order chi connectivity index (χ1) is 12.6. The molecule has 0 spiro atoms. The third-order valence-corrected chi connectivity index (χ3v) is 4.03. The van der Waals surface area contributed by atoms with Crippen molar-refractivity contribution in [3.8, 4) is 11.4 Å². The number of hydrogen-bond acceptors (Lipinski definition) is 4. The van der Waals surface area contributed by atoms with E-state index in [-0.39, 0.29) is 12.1 Å². The molecule has 1 unspecified atom stereocenters. The maximum atomic E-state index is 12.2. The summed E-state index contributed by atoms with van der Waals surface area (Å²) in [5, 5.41) is 12.9. The quantitative estimate of drug-likeness (QED) is 0.602. The molecule has 136 valence electrons. The van der Waals surface area contributed by atoms with Crippen LogP contribution in [0, 0.1) is 0 Å². The van der Waals surface area contributed by atoms with E-state index in [0.29, 0.717) is 11.5 Å². The van der Waals surface area contributed by atoms with Gasteiger partial charge in [0.25, 0.3) is 0 Å². The number of nitrogens with zero attached hydrogens (tertiary/aromatic N) is 2. The first-order valence-corrected chi connectivity index (χ1v) is 8.75. The lowest BCUT2D eigenvalue weighted by Gasteiger charge is -2.14. The Labute approximate surface area is 152 Å². The second-order valence-electron chi connectivity index (χ2n) is 6.16. The summed E-state index contributed by atoms with van der Waals surface area (Å²) in [5.74, 6) is 2.38. The minimum atomic E-state index is -0.238. The molecule has 2 amide bonds. The Balaban J connectivity index is 1.54. The molecule has 3 rings (SSSR count). The summed E-state index contributed by atoms with van der Waals surface area (Å²) in [6.45, 7) is 3.98. The van der Waals surface area contributed by atoms with E-state index in [1.807, 2.05) is 50.2 Å². The third-order valence-electron chi connectivity index (χ3n) is 4.03. The van der Waals surface area contributed by atoms with Gasteiger partial charge in [0.05, 0.1) is 6.26 Å². The van der Waals surface area contributed by atoms with Crippen LogP contribution in [0.5, 0.6) is 0 Å². The summed E-state index contributed by atoms with van der Waals surface area (Å²) in [6.07, 6.45) is 4.04. The zero-order valence-corrected chi connectivity index (χ0v) is 15.0. The molecule has 0 fully saturated rings. The molecule has 0 radical (unpaired) electrons. The Morgan fingerprint density at radius 3 is 2.92 bits per heavy atom. The van der Waals surface area contributed by atoms with Gasteiger partial charge >= 0.3 is 6.03 Å². The first kappa shape index (κ1) is 17.7. The molecule has 0 saturated carbocycles. The molecule has 3 aromatic rings. The van der Waals surface area contributed by atoms with Gasteiger partial charge in [0.2, 0.25) is 0 Å². The molecule has 0 bridgehead atoms. The van der Waals surface area contributed by atoms with Crippen LogP contribution in [0.4, 0.5) is 10.5 Å². The van der Waals surface area contributed by atoms with Crippen molar-refractivity contribution >= 4 is 11.7 Å². The lowest BCUT2D eigenvalue weighted by atomic mass is 10.1. The molecule has 3 N–H and O–H groups in total. The van der Waals surface area contributed by atoms with Crippen molar-refractivity contribution in [3.63, 3.8) is 0 Å². The molecular weight excluding hydrogens is 330 g/mol. The number of furan rings is 1. The summed E-state index contributed by atoms with van der Waals surface area (Å²) in [4.78, 5) is 16.6. The number of anilines is 1. The maximum absolute atomic E-state index is 12.2. The predicted molar refractivity (Wildman–Crippen MR) is 99.8 cm³/mol. The van der Waals surface area contributed by atoms with E-state index in [1.165, 1.54) is 0 Å². The van der Waals surface area contributed by atoms with Gasteiger partial charge in [-0.1, -0.05) is 19.1 Å². The standard InChI is InChI=1S/C19H23N5O2/c1-3-17-22-18(24-23-17)14-6-4-7-15(12-14)21-19(25)20-13(2)9-10-16-8-5-11-26-16/h4-8,11-13H,3,9-10H2,1-2H3,(H2,20,21,25)(H,22,23,24). The zero-order valence-electron chi connectivity index (χ0n) is 15.0. The molecule has 0 saturated heterocycles. The molecule has 26 heavy (non-hydrogen) atoms. The molecule has 0 aliphatic heterocycles. The van der Waals surface area contributed by atoms with Crippen molar-refractivity contribution in [3.05, 3.63) is 54.2 Å². The normalized spacial score (nSPS) is 11.9. The third kappa shape index (κ3) is 4.72. The Kier molecular flexibility index (Phi) is 5.68. The SMILES string of the molecule is CCc1nc(-c2cccc(NC(=O)NC(C)CCc3ccco3)c2)n[nH]1. The lowest BCUT2D eigenvalue weighted by Crippen LogP contribution is -2.36. The van der Waals surface area contributed by atoms with E-state index in [0.717, 1.165) is 36.4 Å². The first-order valence-electron chi connectivity index (χ1n) is 8.75. The second-order valence-corrected chi connectivity index (χ2v) is 6.16. The monoisotopic (exact) mass is 353 g/mol. The highest BCUT2D eigenvalue weighted by Gasteiger charge is 2.10. The van der Waals surface area contributed by atoms with Crippen LogP contribution in [-0.2, 0) is 12.8 Å². The number of urea groups is 1. The van der Waals surface area contributed by atoms with Crippen molar-refractivity contribution in [1.29, 1.82) is 0 Å². The highest BCUT2D eigenvalue weighted by atomic mass is 16.3. The minimum Gasteiger partial charge on any atom is -0.469 e. The molecule has 7 heteroatoms. The number of hydrogen-bond donors (Lipinski definition) is 3. The zero-order chi connectivity index (χ0) is 18.4. The number of aryl methyl sites for hydroxylation is 2. The van der Waals surface area contributed by atoms with Crippen molar-refractivity contribution in [1.82, 2.24) is 20.5 Å². The number of carbonyl (C=O) groups excluding carboxylic acids is 1. The van der Waals surface area contributed by atoms with E-state index >= 15 is 0 Å². The van der Waals surface area contributed by atoms with Crippen LogP contribution in [0.1, 0.15) is 31.9 Å².